The molecule has 0 atom stereocenters. The van der Waals surface area contributed by atoms with Gasteiger partial charge in [-0.25, -0.2) is 0 Å². The summed E-state index contributed by atoms with van der Waals surface area (Å²) in [7, 11) is 2.00. The second-order valence-electron chi connectivity index (χ2n) is 3.75. The van der Waals surface area contributed by atoms with Gasteiger partial charge in [0.15, 0.2) is 0 Å². The van der Waals surface area contributed by atoms with Crippen LogP contribution < -0.4 is 10.6 Å². The van der Waals surface area contributed by atoms with Gasteiger partial charge < -0.3 is 10.6 Å². The Bertz CT molecular complexity index is 88.1. The molecule has 2 N–H and O–H groups in total. The van der Waals surface area contributed by atoms with Crippen molar-refractivity contribution in [3.8, 4) is 0 Å². The minimum atomic E-state index is 0.895. The molecule has 0 aromatic rings. The van der Waals surface area contributed by atoms with Gasteiger partial charge >= 0.3 is 0 Å². The molecule has 0 rings (SSSR count). The molecule has 0 fully saturated rings. The highest BCUT2D eigenvalue weighted by Gasteiger charge is 2.04. The molecule has 13 heavy (non-hydrogen) atoms. The summed E-state index contributed by atoms with van der Waals surface area (Å²) in [4.78, 5) is 0. The zero-order valence-corrected chi connectivity index (χ0v) is 9.53. The molecule has 0 unspecified atom stereocenters. The second kappa shape index (κ2) is 10.0. The molecule has 0 saturated carbocycles. The summed E-state index contributed by atoms with van der Waals surface area (Å²) in [6.07, 6.45) is 5.39. The first-order valence-corrected chi connectivity index (χ1v) is 5.70. The van der Waals surface area contributed by atoms with E-state index in [0.29, 0.717) is 0 Å². The Morgan fingerprint density at radius 3 is 2.08 bits per heavy atom. The molecule has 2 heteroatoms. The van der Waals surface area contributed by atoms with Gasteiger partial charge in [-0.2, -0.15) is 0 Å². The van der Waals surface area contributed by atoms with Crippen LogP contribution in [0.5, 0.6) is 0 Å². The molecule has 2 nitrogen and oxygen atoms in total. The summed E-state index contributed by atoms with van der Waals surface area (Å²) in [6.45, 7) is 7.92. The van der Waals surface area contributed by atoms with Crippen molar-refractivity contribution in [2.24, 2.45) is 5.92 Å². The summed E-state index contributed by atoms with van der Waals surface area (Å²) in [5.41, 5.74) is 0. The molecule has 0 aliphatic carbocycles. The summed E-state index contributed by atoms with van der Waals surface area (Å²) >= 11 is 0. The highest BCUT2D eigenvalue weighted by Crippen LogP contribution is 2.11. The van der Waals surface area contributed by atoms with E-state index in [1.54, 1.807) is 0 Å². The predicted octanol–water partition coefficient (Wildman–Crippen LogP) is 2.01. The van der Waals surface area contributed by atoms with E-state index in [-0.39, 0.29) is 0 Å². The molecule has 0 aliphatic heterocycles. The van der Waals surface area contributed by atoms with Crippen LogP contribution in [0.1, 0.15) is 39.5 Å². The summed E-state index contributed by atoms with van der Waals surface area (Å²) in [5.74, 6) is 0.895. The van der Waals surface area contributed by atoms with Crippen LogP contribution in [0.3, 0.4) is 0 Å². The van der Waals surface area contributed by atoms with Crippen LogP contribution in [0.25, 0.3) is 0 Å². The Hall–Kier alpha value is -0.0800. The summed E-state index contributed by atoms with van der Waals surface area (Å²) < 4.78 is 0. The zero-order chi connectivity index (χ0) is 9.94. The van der Waals surface area contributed by atoms with Crippen LogP contribution in [0.2, 0.25) is 0 Å². The average molecular weight is 186 g/mol. The van der Waals surface area contributed by atoms with Crippen LogP contribution in [0.4, 0.5) is 0 Å². The van der Waals surface area contributed by atoms with Gasteiger partial charge in [0.1, 0.15) is 0 Å². The van der Waals surface area contributed by atoms with Gasteiger partial charge in [0, 0.05) is 13.1 Å². The molecule has 0 spiro atoms. The first-order valence-electron chi connectivity index (χ1n) is 5.70. The highest BCUT2D eigenvalue weighted by molar-refractivity contribution is 4.61. The summed E-state index contributed by atoms with van der Waals surface area (Å²) in [5, 5.41) is 6.64. The number of rotatable bonds is 9. The highest BCUT2D eigenvalue weighted by atomic mass is 14.9. The van der Waals surface area contributed by atoms with Crippen molar-refractivity contribution < 1.29 is 0 Å². The lowest BCUT2D eigenvalue weighted by Crippen LogP contribution is -2.29. The van der Waals surface area contributed by atoms with E-state index in [0.717, 1.165) is 19.0 Å². The van der Waals surface area contributed by atoms with Crippen molar-refractivity contribution in [3.63, 3.8) is 0 Å². The lowest BCUT2D eigenvalue weighted by molar-refractivity contribution is 0.410. The largest absolute Gasteiger partial charge is 0.318 e. The normalized spacial score (nSPS) is 11.1. The van der Waals surface area contributed by atoms with Gasteiger partial charge in [-0.3, -0.25) is 0 Å². The molecular formula is C11H26N2. The SMILES string of the molecule is CCCC(CCC)CNCCNC. The fourth-order valence-corrected chi connectivity index (χ4v) is 1.68. The lowest BCUT2D eigenvalue weighted by Gasteiger charge is -2.15. The minimum absolute atomic E-state index is 0.895. The van der Waals surface area contributed by atoms with E-state index in [1.165, 1.54) is 32.2 Å². The van der Waals surface area contributed by atoms with Crippen molar-refractivity contribution >= 4 is 0 Å². The van der Waals surface area contributed by atoms with E-state index in [2.05, 4.69) is 24.5 Å². The fraction of sp³-hybridized carbons (Fsp3) is 1.00. The predicted molar refractivity (Wildman–Crippen MR) is 60.1 cm³/mol. The molecular weight excluding hydrogens is 160 g/mol. The maximum atomic E-state index is 3.49. The van der Waals surface area contributed by atoms with Crippen molar-refractivity contribution in [1.29, 1.82) is 0 Å². The molecule has 0 aromatic carbocycles. The van der Waals surface area contributed by atoms with Gasteiger partial charge in [-0.05, 0) is 32.4 Å². The third kappa shape index (κ3) is 8.26. The maximum absolute atomic E-state index is 3.49. The van der Waals surface area contributed by atoms with E-state index in [1.807, 2.05) is 7.05 Å². The number of nitrogens with one attached hydrogen (secondary N) is 2. The maximum Gasteiger partial charge on any atom is 0.00767 e. The lowest BCUT2D eigenvalue weighted by atomic mass is 9.98. The molecule has 0 amide bonds. The Kier molecular flexibility index (Phi) is 9.94. The van der Waals surface area contributed by atoms with Crippen molar-refractivity contribution in [2.75, 3.05) is 26.7 Å². The Morgan fingerprint density at radius 1 is 1.00 bits per heavy atom. The van der Waals surface area contributed by atoms with Crippen molar-refractivity contribution in [2.45, 2.75) is 39.5 Å². The summed E-state index contributed by atoms with van der Waals surface area (Å²) in [6, 6.07) is 0. The smallest absolute Gasteiger partial charge is 0.00767 e. The van der Waals surface area contributed by atoms with Crippen LogP contribution in [0.15, 0.2) is 0 Å². The quantitative estimate of drug-likeness (QED) is 0.538. The van der Waals surface area contributed by atoms with Crippen LogP contribution in [0, 0.1) is 5.92 Å². The van der Waals surface area contributed by atoms with E-state index in [9.17, 15) is 0 Å². The zero-order valence-electron chi connectivity index (χ0n) is 9.53. The van der Waals surface area contributed by atoms with E-state index < -0.39 is 0 Å². The van der Waals surface area contributed by atoms with Crippen molar-refractivity contribution in [1.82, 2.24) is 10.6 Å². The Morgan fingerprint density at radius 2 is 1.62 bits per heavy atom. The van der Waals surface area contributed by atoms with Gasteiger partial charge in [-0.15, -0.1) is 0 Å². The number of hydrogen-bond acceptors (Lipinski definition) is 2. The molecule has 0 radical (unpaired) electrons. The minimum Gasteiger partial charge on any atom is -0.318 e. The Labute approximate surface area is 83.5 Å². The third-order valence-corrected chi connectivity index (χ3v) is 2.38. The fourth-order valence-electron chi connectivity index (χ4n) is 1.68. The molecule has 0 aromatic heterocycles. The van der Waals surface area contributed by atoms with Crippen LogP contribution in [-0.4, -0.2) is 26.7 Å². The first kappa shape index (κ1) is 12.9. The van der Waals surface area contributed by atoms with Gasteiger partial charge in [0.25, 0.3) is 0 Å². The average Bonchev–Trinajstić information content (AvgIpc) is 2.13. The Balaban J connectivity index is 3.33. The van der Waals surface area contributed by atoms with E-state index in [4.69, 9.17) is 0 Å². The standard InChI is InChI=1S/C11H26N2/c1-4-6-11(7-5-2)10-13-9-8-12-3/h11-13H,4-10H2,1-3H3. The number of likely N-dealkylation sites (N-methyl/N-ethyl adjacent to an activating group) is 1. The topological polar surface area (TPSA) is 24.1 Å². The monoisotopic (exact) mass is 186 g/mol. The van der Waals surface area contributed by atoms with Gasteiger partial charge in [-0.1, -0.05) is 26.7 Å². The molecule has 0 bridgehead atoms. The molecule has 0 heterocycles. The number of hydrogen-bond donors (Lipinski definition) is 2. The molecule has 0 aliphatic rings. The van der Waals surface area contributed by atoms with Crippen molar-refractivity contribution in [3.05, 3.63) is 0 Å². The molecule has 0 saturated heterocycles. The van der Waals surface area contributed by atoms with Crippen LogP contribution in [-0.2, 0) is 0 Å². The van der Waals surface area contributed by atoms with Crippen LogP contribution >= 0.6 is 0 Å². The molecule has 80 valence electrons. The second-order valence-corrected chi connectivity index (χ2v) is 3.75. The van der Waals surface area contributed by atoms with Gasteiger partial charge in [0.2, 0.25) is 0 Å². The van der Waals surface area contributed by atoms with Gasteiger partial charge in [0.05, 0.1) is 0 Å². The first-order chi connectivity index (χ1) is 6.35. The van der Waals surface area contributed by atoms with E-state index >= 15 is 0 Å². The third-order valence-electron chi connectivity index (χ3n) is 2.38.